The maximum absolute atomic E-state index is 11.6. The number of carboxylic acid groups (broad SMARTS) is 1. The van der Waals surface area contributed by atoms with Gasteiger partial charge in [-0.3, -0.25) is 4.99 Å². The quantitative estimate of drug-likeness (QED) is 0.416. The molecule has 0 aliphatic carbocycles. The maximum Gasteiger partial charge on any atom is 1.00 e. The molecule has 5 nitrogen and oxygen atoms in total. The standard InChI is InChI=1S/C8H13N2O3.Na/c1-7(2)5(6(11)12)9-8(3,4)10(7)13;/h1-4H3,(H,11,12);/q;+1/p-1. The van der Waals surface area contributed by atoms with Crippen molar-refractivity contribution >= 4 is 11.7 Å². The number of hydrogen-bond acceptors (Lipinski definition) is 4. The molecule has 14 heavy (non-hydrogen) atoms. The topological polar surface area (TPSA) is 75.6 Å². The minimum Gasteiger partial charge on any atom is -0.543 e. The molecule has 0 spiro atoms. The van der Waals surface area contributed by atoms with Gasteiger partial charge in [0.05, 0.1) is 17.2 Å². The molecular formula is C8H12N2NaO3. The maximum atomic E-state index is 11.6. The van der Waals surface area contributed by atoms with Crippen LogP contribution in [0.5, 0.6) is 0 Å². The Morgan fingerprint density at radius 1 is 1.36 bits per heavy atom. The van der Waals surface area contributed by atoms with Crippen molar-refractivity contribution in [3.05, 3.63) is 0 Å². The number of aliphatic carboxylic acids is 1. The fourth-order valence-electron chi connectivity index (χ4n) is 1.53. The van der Waals surface area contributed by atoms with Gasteiger partial charge in [0.25, 0.3) is 0 Å². The molecule has 0 amide bonds. The first kappa shape index (κ1) is 14.1. The molecule has 0 N–H and O–H groups in total. The third kappa shape index (κ3) is 2.01. The zero-order valence-electron chi connectivity index (χ0n) is 9.12. The van der Waals surface area contributed by atoms with Crippen molar-refractivity contribution in [3.8, 4) is 0 Å². The van der Waals surface area contributed by atoms with Gasteiger partial charge in [0.1, 0.15) is 5.66 Å². The number of hydrogen-bond donors (Lipinski definition) is 0. The molecule has 0 atom stereocenters. The Morgan fingerprint density at radius 3 is 1.93 bits per heavy atom. The summed E-state index contributed by atoms with van der Waals surface area (Å²) in [6.07, 6.45) is 0. The monoisotopic (exact) mass is 207 g/mol. The Kier molecular flexibility index (Phi) is 3.92. The fraction of sp³-hybridized carbons (Fsp3) is 0.750. The number of nitrogens with zero attached hydrogens (tertiary/aromatic N) is 2. The first-order valence-electron chi connectivity index (χ1n) is 3.99. The summed E-state index contributed by atoms with van der Waals surface area (Å²) in [7, 11) is 0. The van der Waals surface area contributed by atoms with E-state index >= 15 is 0 Å². The molecule has 1 heterocycles. The van der Waals surface area contributed by atoms with Crippen LogP contribution >= 0.6 is 0 Å². The Labute approximate surface area is 105 Å². The van der Waals surface area contributed by atoms with Crippen molar-refractivity contribution in [2.24, 2.45) is 4.99 Å². The molecule has 0 unspecified atom stereocenters. The van der Waals surface area contributed by atoms with E-state index in [2.05, 4.69) is 4.99 Å². The van der Waals surface area contributed by atoms with Gasteiger partial charge in [-0.1, -0.05) is 0 Å². The van der Waals surface area contributed by atoms with Crippen LogP contribution in [0.15, 0.2) is 4.99 Å². The molecular weight excluding hydrogens is 195 g/mol. The van der Waals surface area contributed by atoms with E-state index in [1.807, 2.05) is 0 Å². The third-order valence-electron chi connectivity index (χ3n) is 2.16. The van der Waals surface area contributed by atoms with Crippen molar-refractivity contribution in [3.63, 3.8) is 0 Å². The molecule has 0 fully saturated rings. The van der Waals surface area contributed by atoms with E-state index in [-0.39, 0.29) is 35.3 Å². The minimum absolute atomic E-state index is 0. The third-order valence-corrected chi connectivity index (χ3v) is 2.16. The van der Waals surface area contributed by atoms with Gasteiger partial charge >= 0.3 is 29.6 Å². The first-order chi connectivity index (χ1) is 5.69. The molecule has 1 radical (unpaired) electrons. The van der Waals surface area contributed by atoms with Gasteiger partial charge in [-0.2, -0.15) is 0 Å². The van der Waals surface area contributed by atoms with E-state index < -0.39 is 17.2 Å². The first-order valence-corrected chi connectivity index (χ1v) is 3.99. The minimum atomic E-state index is -1.38. The van der Waals surface area contributed by atoms with E-state index in [0.29, 0.717) is 5.06 Å². The van der Waals surface area contributed by atoms with Crippen LogP contribution in [-0.2, 0) is 10.0 Å². The average Bonchev–Trinajstić information content (AvgIpc) is 2.11. The van der Waals surface area contributed by atoms with E-state index in [4.69, 9.17) is 0 Å². The van der Waals surface area contributed by atoms with Gasteiger partial charge in [0.15, 0.2) is 0 Å². The smallest absolute Gasteiger partial charge is 0.543 e. The second-order valence-corrected chi connectivity index (χ2v) is 4.10. The van der Waals surface area contributed by atoms with Crippen molar-refractivity contribution in [2.75, 3.05) is 0 Å². The van der Waals surface area contributed by atoms with Crippen LogP contribution < -0.4 is 34.7 Å². The largest absolute Gasteiger partial charge is 1.00 e. The van der Waals surface area contributed by atoms with Gasteiger partial charge in [-0.25, -0.2) is 0 Å². The Bertz CT molecular complexity index is 286. The number of carbonyl (C=O) groups is 1. The van der Waals surface area contributed by atoms with Crippen LogP contribution in [0, 0.1) is 0 Å². The zero-order chi connectivity index (χ0) is 10.4. The van der Waals surface area contributed by atoms with Crippen molar-refractivity contribution in [2.45, 2.75) is 38.9 Å². The molecule has 6 heteroatoms. The summed E-state index contributed by atoms with van der Waals surface area (Å²) >= 11 is 0. The predicted octanol–water partition coefficient (Wildman–Crippen LogP) is -3.64. The van der Waals surface area contributed by atoms with E-state index in [1.54, 1.807) is 13.8 Å². The number of rotatable bonds is 1. The molecule has 73 valence electrons. The van der Waals surface area contributed by atoms with Crippen molar-refractivity contribution < 1.29 is 44.7 Å². The average molecular weight is 207 g/mol. The number of hydroxylamine groups is 2. The number of aliphatic imine (C=N–C) groups is 1. The van der Waals surface area contributed by atoms with Crippen LogP contribution in [0.25, 0.3) is 0 Å². The Balaban J connectivity index is 0.00000169. The second-order valence-electron chi connectivity index (χ2n) is 4.10. The zero-order valence-corrected chi connectivity index (χ0v) is 11.1. The van der Waals surface area contributed by atoms with Crippen LogP contribution in [0.4, 0.5) is 0 Å². The second kappa shape index (κ2) is 3.90. The predicted molar refractivity (Wildman–Crippen MR) is 43.1 cm³/mol. The van der Waals surface area contributed by atoms with Crippen molar-refractivity contribution in [1.29, 1.82) is 0 Å². The van der Waals surface area contributed by atoms with Crippen molar-refractivity contribution in [1.82, 2.24) is 5.06 Å². The molecule has 0 aromatic rings. The normalized spacial score (nSPS) is 23.9. The summed E-state index contributed by atoms with van der Waals surface area (Å²) in [6.45, 7) is 6.17. The number of carbonyl (C=O) groups excluding carboxylic acids is 1. The van der Waals surface area contributed by atoms with E-state index in [9.17, 15) is 15.1 Å². The van der Waals surface area contributed by atoms with Gasteiger partial charge in [-0.05, 0) is 27.7 Å². The van der Waals surface area contributed by atoms with E-state index in [1.165, 1.54) is 13.8 Å². The summed E-state index contributed by atoms with van der Waals surface area (Å²) in [5, 5.41) is 22.9. The van der Waals surface area contributed by atoms with Gasteiger partial charge < -0.3 is 9.90 Å². The molecule has 0 saturated carbocycles. The molecule has 1 aliphatic heterocycles. The van der Waals surface area contributed by atoms with Crippen LogP contribution in [0.2, 0.25) is 0 Å². The molecule has 1 aliphatic rings. The Morgan fingerprint density at radius 2 is 1.79 bits per heavy atom. The van der Waals surface area contributed by atoms with Crippen LogP contribution in [-0.4, -0.2) is 27.9 Å². The molecule has 0 aromatic heterocycles. The van der Waals surface area contributed by atoms with Crippen LogP contribution in [0.1, 0.15) is 27.7 Å². The molecule has 1 rings (SSSR count). The summed E-state index contributed by atoms with van der Waals surface area (Å²) in [6, 6.07) is 0. The van der Waals surface area contributed by atoms with Gasteiger partial charge in [0, 0.05) is 0 Å². The van der Waals surface area contributed by atoms with Crippen LogP contribution in [0.3, 0.4) is 0 Å². The van der Waals surface area contributed by atoms with Gasteiger partial charge in [0.2, 0.25) is 0 Å². The number of carboxylic acids is 1. The summed E-state index contributed by atoms with van der Waals surface area (Å²) in [4.78, 5) is 14.5. The molecule has 0 bridgehead atoms. The van der Waals surface area contributed by atoms with Gasteiger partial charge in [-0.15, -0.1) is 10.3 Å². The fourth-order valence-corrected chi connectivity index (χ4v) is 1.53. The SMILES string of the molecule is CC1(C)N=C(C(=O)[O-])C(C)(C)N1[O].[Na+]. The van der Waals surface area contributed by atoms with E-state index in [0.717, 1.165) is 0 Å². The summed E-state index contributed by atoms with van der Waals surface area (Å²) < 4.78 is 0. The Hall–Kier alpha value is 0.0600. The molecule has 0 saturated heterocycles. The summed E-state index contributed by atoms with van der Waals surface area (Å²) in [5.74, 6) is -1.38. The summed E-state index contributed by atoms with van der Waals surface area (Å²) in [5.41, 5.74) is -2.31. The molecule has 0 aromatic carbocycles.